The molecular weight excluding hydrogens is 518 g/mol. The highest BCUT2D eigenvalue weighted by Crippen LogP contribution is 2.49. The van der Waals surface area contributed by atoms with Crippen molar-refractivity contribution in [2.45, 2.75) is 56.8 Å². The zero-order valence-corrected chi connectivity index (χ0v) is 22.9. The summed E-state index contributed by atoms with van der Waals surface area (Å²) in [4.78, 5) is 46.0. The van der Waals surface area contributed by atoms with Crippen LogP contribution >= 0.6 is 0 Å². The summed E-state index contributed by atoms with van der Waals surface area (Å²) in [5.41, 5.74) is 5.90. The van der Waals surface area contributed by atoms with Gasteiger partial charge in [0.15, 0.2) is 0 Å². The maximum absolute atomic E-state index is 13.2. The molecule has 0 bridgehead atoms. The van der Waals surface area contributed by atoms with E-state index in [2.05, 4.69) is 45.9 Å². The number of fused-ring (bicyclic) bond motifs is 4. The molecule has 41 heavy (non-hydrogen) atoms. The Hall–Kier alpha value is -4.24. The van der Waals surface area contributed by atoms with Gasteiger partial charge in [0, 0.05) is 41.6 Å². The number of ether oxygens (including phenoxy) is 1. The molecular formula is C32H33N5O4. The number of nitrogens with one attached hydrogen (secondary N) is 2. The number of carbonyl (C=O) groups is 3. The predicted molar refractivity (Wildman–Crippen MR) is 152 cm³/mol. The molecule has 2 saturated heterocycles. The van der Waals surface area contributed by atoms with Gasteiger partial charge in [0.1, 0.15) is 11.8 Å². The van der Waals surface area contributed by atoms with Gasteiger partial charge in [0.2, 0.25) is 11.8 Å². The Morgan fingerprint density at radius 3 is 2.61 bits per heavy atom. The van der Waals surface area contributed by atoms with Crippen molar-refractivity contribution in [3.05, 3.63) is 88.7 Å². The smallest absolute Gasteiger partial charge is 0.255 e. The third-order valence-electron chi connectivity index (χ3n) is 9.09. The molecule has 1 aromatic heterocycles. The normalized spacial score (nSPS) is 21.4. The minimum absolute atomic E-state index is 0.0649. The molecule has 0 radical (unpaired) electrons. The number of nitrogens with zero attached hydrogens (tertiary/aromatic N) is 3. The minimum atomic E-state index is -0.621. The third-order valence-corrected chi connectivity index (χ3v) is 9.09. The van der Waals surface area contributed by atoms with E-state index in [0.717, 1.165) is 61.7 Å². The van der Waals surface area contributed by atoms with Crippen LogP contribution < -0.4 is 15.4 Å². The monoisotopic (exact) mass is 551 g/mol. The number of pyridine rings is 1. The fourth-order valence-corrected chi connectivity index (χ4v) is 6.69. The summed E-state index contributed by atoms with van der Waals surface area (Å²) >= 11 is 0. The number of likely N-dealkylation sites (tertiary alicyclic amines) is 1. The minimum Gasteiger partial charge on any atom is -0.492 e. The summed E-state index contributed by atoms with van der Waals surface area (Å²) in [5.74, 6) is -0.0160. The van der Waals surface area contributed by atoms with Crippen LogP contribution in [0.5, 0.6) is 5.75 Å². The van der Waals surface area contributed by atoms with Gasteiger partial charge in [-0.05, 0) is 56.1 Å². The number of rotatable bonds is 6. The lowest BCUT2D eigenvalue weighted by molar-refractivity contribution is -0.136. The van der Waals surface area contributed by atoms with E-state index in [1.54, 1.807) is 4.90 Å². The Balaban J connectivity index is 0.983. The van der Waals surface area contributed by atoms with Crippen LogP contribution in [0.4, 0.5) is 5.69 Å². The second-order valence-corrected chi connectivity index (χ2v) is 11.6. The highest BCUT2D eigenvalue weighted by atomic mass is 16.5. The van der Waals surface area contributed by atoms with E-state index in [-0.39, 0.29) is 23.7 Å². The van der Waals surface area contributed by atoms with Gasteiger partial charge >= 0.3 is 0 Å². The van der Waals surface area contributed by atoms with Gasteiger partial charge in [-0.15, -0.1) is 0 Å². The number of hydrogen-bond acceptors (Lipinski definition) is 7. The number of anilines is 1. The Labute approximate surface area is 238 Å². The number of imide groups is 1. The van der Waals surface area contributed by atoms with E-state index in [4.69, 9.17) is 9.72 Å². The SMILES string of the molecule is O=C1CCC(N2Cc3c(ccc4c3OCC43CCN(Cc4ccc(NCc5ccccc5)cn4)CC3)C2=O)C(=O)N1. The van der Waals surface area contributed by atoms with Crippen LogP contribution in [0.15, 0.2) is 60.8 Å². The Morgan fingerprint density at radius 1 is 1.02 bits per heavy atom. The summed E-state index contributed by atoms with van der Waals surface area (Å²) in [7, 11) is 0. The fraction of sp³-hybridized carbons (Fsp3) is 0.375. The molecule has 3 amide bonds. The summed E-state index contributed by atoms with van der Waals surface area (Å²) in [5, 5.41) is 5.81. The Morgan fingerprint density at radius 2 is 1.85 bits per heavy atom. The molecule has 2 aromatic carbocycles. The molecule has 7 rings (SSSR count). The molecule has 2 fully saturated rings. The number of benzene rings is 2. The lowest BCUT2D eigenvalue weighted by atomic mass is 9.74. The van der Waals surface area contributed by atoms with Crippen molar-refractivity contribution in [1.82, 2.24) is 20.1 Å². The van der Waals surface area contributed by atoms with E-state index in [0.29, 0.717) is 25.1 Å². The molecule has 1 unspecified atom stereocenters. The first-order valence-corrected chi connectivity index (χ1v) is 14.4. The van der Waals surface area contributed by atoms with Crippen LogP contribution in [-0.2, 0) is 34.6 Å². The van der Waals surface area contributed by atoms with Crippen LogP contribution in [0.1, 0.15) is 58.4 Å². The molecule has 4 aliphatic rings. The lowest BCUT2D eigenvalue weighted by Gasteiger charge is -2.38. The van der Waals surface area contributed by atoms with Gasteiger partial charge in [-0.1, -0.05) is 36.4 Å². The van der Waals surface area contributed by atoms with Crippen LogP contribution in [0.2, 0.25) is 0 Å². The molecule has 3 aromatic rings. The Kier molecular flexibility index (Phi) is 6.46. The second kappa shape index (κ2) is 10.3. The number of piperidine rings is 2. The number of hydrogen-bond donors (Lipinski definition) is 2. The number of carbonyl (C=O) groups excluding carboxylic acids is 3. The summed E-state index contributed by atoms with van der Waals surface area (Å²) in [6, 6.07) is 17.9. The van der Waals surface area contributed by atoms with Gasteiger partial charge in [-0.2, -0.15) is 0 Å². The second-order valence-electron chi connectivity index (χ2n) is 11.6. The molecule has 9 nitrogen and oxygen atoms in total. The average Bonchev–Trinajstić information content (AvgIpc) is 3.52. The molecule has 5 heterocycles. The van der Waals surface area contributed by atoms with Crippen molar-refractivity contribution in [1.29, 1.82) is 0 Å². The van der Waals surface area contributed by atoms with E-state index in [1.165, 1.54) is 11.1 Å². The van der Waals surface area contributed by atoms with Gasteiger partial charge in [-0.25, -0.2) is 0 Å². The standard InChI is InChI=1S/C32H33N5O4/c38-28-11-10-27(30(39)35-28)37-19-25-24(31(37)40)8-9-26-29(25)41-20-32(26)12-14-36(15-13-32)18-23-7-6-22(17-34-23)33-16-21-4-2-1-3-5-21/h1-9,17,27,33H,10-16,18-20H2,(H,35,38,39). The molecule has 4 aliphatic heterocycles. The molecule has 1 atom stereocenters. The van der Waals surface area contributed by atoms with E-state index in [1.807, 2.05) is 30.5 Å². The first-order chi connectivity index (χ1) is 20.0. The van der Waals surface area contributed by atoms with E-state index >= 15 is 0 Å². The van der Waals surface area contributed by atoms with Crippen molar-refractivity contribution in [3.63, 3.8) is 0 Å². The Bertz CT molecular complexity index is 1500. The van der Waals surface area contributed by atoms with Crippen LogP contribution in [0, 0.1) is 0 Å². The largest absolute Gasteiger partial charge is 0.492 e. The topological polar surface area (TPSA) is 104 Å². The maximum Gasteiger partial charge on any atom is 0.255 e. The fourth-order valence-electron chi connectivity index (χ4n) is 6.69. The molecule has 0 aliphatic carbocycles. The van der Waals surface area contributed by atoms with Crippen LogP contribution in [-0.4, -0.2) is 58.2 Å². The predicted octanol–water partition coefficient (Wildman–Crippen LogP) is 3.38. The van der Waals surface area contributed by atoms with Gasteiger partial charge < -0.3 is 15.0 Å². The quantitative estimate of drug-likeness (QED) is 0.453. The zero-order valence-electron chi connectivity index (χ0n) is 22.9. The summed E-state index contributed by atoms with van der Waals surface area (Å²) < 4.78 is 6.31. The zero-order chi connectivity index (χ0) is 28.0. The van der Waals surface area contributed by atoms with Crippen molar-refractivity contribution in [2.75, 3.05) is 25.0 Å². The van der Waals surface area contributed by atoms with Crippen LogP contribution in [0.3, 0.4) is 0 Å². The van der Waals surface area contributed by atoms with Crippen molar-refractivity contribution in [2.24, 2.45) is 0 Å². The van der Waals surface area contributed by atoms with E-state index < -0.39 is 11.9 Å². The number of amides is 3. The summed E-state index contributed by atoms with van der Waals surface area (Å²) in [6.45, 7) is 4.41. The molecule has 0 saturated carbocycles. The first kappa shape index (κ1) is 25.7. The maximum atomic E-state index is 13.2. The van der Waals surface area contributed by atoms with Crippen LogP contribution in [0.25, 0.3) is 0 Å². The average molecular weight is 552 g/mol. The highest BCUT2D eigenvalue weighted by molar-refractivity contribution is 6.05. The molecule has 1 spiro atoms. The molecule has 9 heteroatoms. The number of aromatic nitrogens is 1. The molecule has 210 valence electrons. The molecule has 2 N–H and O–H groups in total. The highest BCUT2D eigenvalue weighted by Gasteiger charge is 2.47. The lowest BCUT2D eigenvalue weighted by Crippen LogP contribution is -2.52. The van der Waals surface area contributed by atoms with Gasteiger partial charge in [-0.3, -0.25) is 29.6 Å². The third kappa shape index (κ3) is 4.74. The van der Waals surface area contributed by atoms with Crippen molar-refractivity contribution < 1.29 is 19.1 Å². The van der Waals surface area contributed by atoms with Crippen molar-refractivity contribution >= 4 is 23.4 Å². The van der Waals surface area contributed by atoms with Gasteiger partial charge in [0.05, 0.1) is 30.7 Å². The van der Waals surface area contributed by atoms with Crippen molar-refractivity contribution in [3.8, 4) is 5.75 Å². The first-order valence-electron chi connectivity index (χ1n) is 14.4. The summed E-state index contributed by atoms with van der Waals surface area (Å²) in [6.07, 6.45) is 4.45. The van der Waals surface area contributed by atoms with Gasteiger partial charge in [0.25, 0.3) is 5.91 Å². The van der Waals surface area contributed by atoms with E-state index in [9.17, 15) is 14.4 Å².